The number of fused-ring (bicyclic) bond motifs is 2. The molecule has 0 bridgehead atoms. The molecule has 1 atom stereocenters. The van der Waals surface area contributed by atoms with E-state index in [1.165, 1.54) is 48.0 Å². The van der Waals surface area contributed by atoms with Gasteiger partial charge in [-0.2, -0.15) is 13.2 Å². The van der Waals surface area contributed by atoms with Gasteiger partial charge in [-0.15, -0.1) is 0 Å². The van der Waals surface area contributed by atoms with E-state index in [0.29, 0.717) is 28.4 Å². The molecule has 2 N–H and O–H groups in total. The monoisotopic (exact) mass is 674 g/mol. The number of pyridine rings is 1. The van der Waals surface area contributed by atoms with Crippen LogP contribution in [0.2, 0.25) is 0 Å². The van der Waals surface area contributed by atoms with Crippen molar-refractivity contribution in [3.05, 3.63) is 117 Å². The Hall–Kier alpha value is -5.07. The molecule has 1 amide bonds. The van der Waals surface area contributed by atoms with E-state index in [4.69, 9.17) is 0 Å². The number of rotatable bonds is 8. The normalized spacial score (nSPS) is 15.1. The number of aromatic nitrogens is 1. The lowest BCUT2D eigenvalue weighted by molar-refractivity contribution is -0.139. The number of carbonyl (C=O) groups is 2. The molecule has 49 heavy (non-hydrogen) atoms. The van der Waals surface area contributed by atoms with Crippen LogP contribution in [-0.2, 0) is 31.0 Å². The maximum absolute atomic E-state index is 15.1. The molecule has 5 aromatic rings. The number of nitrogens with zero attached hydrogens (tertiary/aromatic N) is 3. The molecular formula is C37H34F4N4O4. The zero-order valence-corrected chi connectivity index (χ0v) is 26.9. The summed E-state index contributed by atoms with van der Waals surface area (Å²) in [6, 6.07) is 17.9. The van der Waals surface area contributed by atoms with Crippen LogP contribution in [0, 0.1) is 5.82 Å². The predicted octanol–water partition coefficient (Wildman–Crippen LogP) is 5.69. The Balaban J connectivity index is 1.37. The van der Waals surface area contributed by atoms with Gasteiger partial charge in [0, 0.05) is 51.6 Å². The summed E-state index contributed by atoms with van der Waals surface area (Å²) in [6.07, 6.45) is -5.12. The Labute approximate surface area is 279 Å². The number of nitrogens with one attached hydrogen (secondary N) is 1. The second-order valence-electron chi connectivity index (χ2n) is 12.4. The molecular weight excluding hydrogens is 640 g/mol. The number of alkyl halides is 3. The number of aliphatic carboxylic acids is 1. The Morgan fingerprint density at radius 2 is 1.47 bits per heavy atom. The minimum atomic E-state index is -4.86. The number of piperazine rings is 1. The molecule has 0 radical (unpaired) electrons. The molecule has 1 saturated heterocycles. The number of carboxylic acid groups (broad SMARTS) is 1. The SMILES string of the molecule is CN1CCN(Cc2cccc(F)c2C(=O)N[C@@H](Cc2cccc3c(-c4c(C(F)(F)F)c5ccccc5n(C)c4=O)cccc23)C(=O)O)CC1. The summed E-state index contributed by atoms with van der Waals surface area (Å²) in [5.41, 5.74) is -1.65. The largest absolute Gasteiger partial charge is 0.480 e. The van der Waals surface area contributed by atoms with Crippen LogP contribution >= 0.6 is 0 Å². The van der Waals surface area contributed by atoms with Crippen LogP contribution in [0.15, 0.2) is 83.7 Å². The first-order valence-electron chi connectivity index (χ1n) is 15.8. The summed E-state index contributed by atoms with van der Waals surface area (Å²) < 4.78 is 60.4. The van der Waals surface area contributed by atoms with E-state index in [1.54, 1.807) is 36.4 Å². The molecule has 0 unspecified atom stereocenters. The molecule has 12 heteroatoms. The van der Waals surface area contributed by atoms with Crippen molar-refractivity contribution in [1.82, 2.24) is 19.7 Å². The maximum atomic E-state index is 15.1. The van der Waals surface area contributed by atoms with Crippen LogP contribution in [-0.4, -0.2) is 70.6 Å². The third-order valence-corrected chi connectivity index (χ3v) is 9.21. The summed E-state index contributed by atoms with van der Waals surface area (Å²) in [5.74, 6) is -3.04. The van der Waals surface area contributed by atoms with Gasteiger partial charge in [0.2, 0.25) is 0 Å². The first kappa shape index (κ1) is 33.8. The molecule has 1 aromatic heterocycles. The Morgan fingerprint density at radius 3 is 2.18 bits per heavy atom. The van der Waals surface area contributed by atoms with Gasteiger partial charge in [-0.3, -0.25) is 14.5 Å². The molecule has 8 nitrogen and oxygen atoms in total. The van der Waals surface area contributed by atoms with Crippen LogP contribution in [0.3, 0.4) is 0 Å². The standard InChI is InChI=1S/C37H34F4N4O4/c1-43-16-18-45(19-17-43)21-23-9-6-14-28(38)31(23)34(46)42-29(36(48)49)20-22-8-5-12-25-24(22)11-7-13-26(25)32-33(37(39,40)41)27-10-3-4-15-30(27)44(2)35(32)47/h3-15,29H,16-21H2,1-2H3,(H,42,46)(H,48,49)/t29-/m0/s1. The number of amides is 1. The Bertz CT molecular complexity index is 2140. The minimum absolute atomic E-state index is 0.0360. The van der Waals surface area contributed by atoms with Crippen molar-refractivity contribution in [1.29, 1.82) is 0 Å². The fourth-order valence-electron chi connectivity index (χ4n) is 6.66. The van der Waals surface area contributed by atoms with Crippen molar-refractivity contribution in [3.8, 4) is 11.1 Å². The summed E-state index contributed by atoms with van der Waals surface area (Å²) >= 11 is 0. The topological polar surface area (TPSA) is 94.9 Å². The molecule has 1 aliphatic heterocycles. The third-order valence-electron chi connectivity index (χ3n) is 9.21. The highest BCUT2D eigenvalue weighted by Gasteiger charge is 2.38. The van der Waals surface area contributed by atoms with Gasteiger partial charge in [-0.25, -0.2) is 9.18 Å². The zero-order valence-electron chi connectivity index (χ0n) is 26.9. The van der Waals surface area contributed by atoms with E-state index in [-0.39, 0.29) is 28.5 Å². The molecule has 1 fully saturated rings. The van der Waals surface area contributed by atoms with E-state index < -0.39 is 46.6 Å². The fourth-order valence-corrected chi connectivity index (χ4v) is 6.66. The molecule has 0 aliphatic carbocycles. The van der Waals surface area contributed by atoms with Gasteiger partial charge in [0.05, 0.1) is 22.2 Å². The molecule has 6 rings (SSSR count). The van der Waals surface area contributed by atoms with E-state index in [2.05, 4.69) is 15.1 Å². The fraction of sp³-hybridized carbons (Fsp3) is 0.270. The first-order chi connectivity index (χ1) is 23.3. The molecule has 0 saturated carbocycles. The van der Waals surface area contributed by atoms with E-state index >= 15 is 4.39 Å². The highest BCUT2D eigenvalue weighted by molar-refractivity contribution is 6.02. The van der Waals surface area contributed by atoms with E-state index in [0.717, 1.165) is 32.2 Å². The Morgan fingerprint density at radius 1 is 0.837 bits per heavy atom. The highest BCUT2D eigenvalue weighted by Crippen LogP contribution is 2.42. The number of likely N-dealkylation sites (N-methyl/N-ethyl adjacent to an activating group) is 1. The molecule has 0 spiro atoms. The van der Waals surface area contributed by atoms with Gasteiger partial charge in [-0.1, -0.05) is 66.7 Å². The number of halogens is 4. The smallest absolute Gasteiger partial charge is 0.417 e. The van der Waals surface area contributed by atoms with Crippen molar-refractivity contribution in [2.24, 2.45) is 7.05 Å². The average molecular weight is 675 g/mol. The van der Waals surface area contributed by atoms with Gasteiger partial charge >= 0.3 is 12.1 Å². The lowest BCUT2D eigenvalue weighted by Gasteiger charge is -2.32. The molecule has 2 heterocycles. The number of hydrogen-bond donors (Lipinski definition) is 2. The van der Waals surface area contributed by atoms with Crippen molar-refractivity contribution in [2.45, 2.75) is 25.2 Å². The Kier molecular flexibility index (Phi) is 9.28. The van der Waals surface area contributed by atoms with Gasteiger partial charge in [-0.05, 0) is 46.6 Å². The van der Waals surface area contributed by atoms with Crippen LogP contribution < -0.4 is 10.9 Å². The van der Waals surface area contributed by atoms with Crippen LogP contribution in [0.4, 0.5) is 17.6 Å². The second kappa shape index (κ2) is 13.4. The van der Waals surface area contributed by atoms with Crippen molar-refractivity contribution >= 4 is 33.6 Å². The van der Waals surface area contributed by atoms with Gasteiger partial charge in [0.25, 0.3) is 11.5 Å². The minimum Gasteiger partial charge on any atom is -0.480 e. The van der Waals surface area contributed by atoms with Crippen molar-refractivity contribution in [2.75, 3.05) is 33.2 Å². The number of aryl methyl sites for hydroxylation is 1. The second-order valence-corrected chi connectivity index (χ2v) is 12.4. The molecule has 4 aromatic carbocycles. The average Bonchev–Trinajstić information content (AvgIpc) is 3.06. The van der Waals surface area contributed by atoms with Crippen LogP contribution in [0.1, 0.15) is 27.0 Å². The predicted molar refractivity (Wildman–Crippen MR) is 179 cm³/mol. The lowest BCUT2D eigenvalue weighted by Crippen LogP contribution is -2.45. The third kappa shape index (κ3) is 6.66. The number of carbonyl (C=O) groups excluding carboxylic acids is 1. The van der Waals surface area contributed by atoms with Crippen LogP contribution in [0.25, 0.3) is 32.8 Å². The lowest BCUT2D eigenvalue weighted by atomic mass is 9.90. The number of benzene rings is 4. The van der Waals surface area contributed by atoms with Crippen molar-refractivity contribution in [3.63, 3.8) is 0 Å². The van der Waals surface area contributed by atoms with Crippen LogP contribution in [0.5, 0.6) is 0 Å². The van der Waals surface area contributed by atoms with Gasteiger partial charge in [0.1, 0.15) is 11.9 Å². The highest BCUT2D eigenvalue weighted by atomic mass is 19.4. The number of hydrogen-bond acceptors (Lipinski definition) is 5. The van der Waals surface area contributed by atoms with E-state index in [1.807, 2.05) is 7.05 Å². The van der Waals surface area contributed by atoms with E-state index in [9.17, 15) is 32.7 Å². The zero-order chi connectivity index (χ0) is 35.0. The number of carboxylic acids is 1. The summed E-state index contributed by atoms with van der Waals surface area (Å²) in [5, 5.41) is 13.2. The number of para-hydroxylation sites is 1. The summed E-state index contributed by atoms with van der Waals surface area (Å²) in [7, 11) is 3.42. The summed E-state index contributed by atoms with van der Waals surface area (Å²) in [4.78, 5) is 43.9. The maximum Gasteiger partial charge on any atom is 0.417 e. The van der Waals surface area contributed by atoms with Crippen molar-refractivity contribution < 1.29 is 32.3 Å². The quantitative estimate of drug-likeness (QED) is 0.206. The molecule has 1 aliphatic rings. The van der Waals surface area contributed by atoms with Gasteiger partial charge in [0.15, 0.2) is 0 Å². The molecule has 254 valence electrons. The van der Waals surface area contributed by atoms with Gasteiger partial charge < -0.3 is 19.9 Å². The first-order valence-corrected chi connectivity index (χ1v) is 15.8. The summed E-state index contributed by atoms with van der Waals surface area (Å²) in [6.45, 7) is 3.40.